The molecule has 0 saturated carbocycles. The standard InChI is InChI=1S/C16H24N2OS/c1-2-4-16-15(3-1)14(5-10-19-16)13-17-6-7-18-8-11-20-12-9-18/h1-4,14,17H,5-13H2. The number of benzene rings is 1. The van der Waals surface area contributed by atoms with E-state index in [2.05, 4.69) is 46.2 Å². The quantitative estimate of drug-likeness (QED) is 0.841. The smallest absolute Gasteiger partial charge is 0.122 e. The summed E-state index contributed by atoms with van der Waals surface area (Å²) >= 11 is 2.08. The van der Waals surface area contributed by atoms with Crippen molar-refractivity contribution in [1.82, 2.24) is 10.2 Å². The molecule has 2 aliphatic rings. The Balaban J connectivity index is 1.43. The molecule has 2 heterocycles. The van der Waals surface area contributed by atoms with Crippen molar-refractivity contribution >= 4 is 11.8 Å². The Bertz CT molecular complexity index is 421. The van der Waals surface area contributed by atoms with Crippen LogP contribution in [0.3, 0.4) is 0 Å². The Labute approximate surface area is 126 Å². The average Bonchev–Trinajstić information content (AvgIpc) is 2.53. The summed E-state index contributed by atoms with van der Waals surface area (Å²) in [5.41, 5.74) is 1.38. The zero-order valence-electron chi connectivity index (χ0n) is 12.0. The van der Waals surface area contributed by atoms with E-state index in [-0.39, 0.29) is 0 Å². The summed E-state index contributed by atoms with van der Waals surface area (Å²) in [4.78, 5) is 2.57. The Hall–Kier alpha value is -0.710. The number of nitrogens with one attached hydrogen (secondary N) is 1. The van der Waals surface area contributed by atoms with Crippen LogP contribution >= 0.6 is 11.8 Å². The van der Waals surface area contributed by atoms with Crippen LogP contribution in [0.4, 0.5) is 0 Å². The number of para-hydroxylation sites is 1. The van der Waals surface area contributed by atoms with E-state index in [0.29, 0.717) is 5.92 Å². The lowest BCUT2D eigenvalue weighted by Gasteiger charge is -2.28. The molecule has 3 rings (SSSR count). The molecule has 110 valence electrons. The van der Waals surface area contributed by atoms with Crippen molar-refractivity contribution in [3.63, 3.8) is 0 Å². The SMILES string of the molecule is c1ccc2c(c1)OCCC2CNCCN1CCSCC1. The van der Waals surface area contributed by atoms with Crippen LogP contribution in [0.25, 0.3) is 0 Å². The molecule has 4 heteroatoms. The van der Waals surface area contributed by atoms with Gasteiger partial charge < -0.3 is 15.0 Å². The van der Waals surface area contributed by atoms with Gasteiger partial charge in [0, 0.05) is 50.1 Å². The summed E-state index contributed by atoms with van der Waals surface area (Å²) in [5.74, 6) is 4.29. The zero-order valence-corrected chi connectivity index (χ0v) is 12.8. The number of rotatable bonds is 5. The van der Waals surface area contributed by atoms with Gasteiger partial charge in [-0.2, -0.15) is 11.8 Å². The molecule has 0 amide bonds. The van der Waals surface area contributed by atoms with Gasteiger partial charge in [0.2, 0.25) is 0 Å². The summed E-state index contributed by atoms with van der Waals surface area (Å²) < 4.78 is 5.72. The summed E-state index contributed by atoms with van der Waals surface area (Å²) in [6.07, 6.45) is 1.13. The molecule has 1 N–H and O–H groups in total. The molecule has 3 nitrogen and oxygen atoms in total. The lowest BCUT2D eigenvalue weighted by atomic mass is 9.93. The van der Waals surface area contributed by atoms with Gasteiger partial charge in [0.1, 0.15) is 5.75 Å². The first kappa shape index (κ1) is 14.2. The van der Waals surface area contributed by atoms with Crippen molar-refractivity contribution in [3.8, 4) is 5.75 Å². The van der Waals surface area contributed by atoms with E-state index < -0.39 is 0 Å². The molecule has 1 atom stereocenters. The molecule has 1 aromatic rings. The molecule has 0 aromatic heterocycles. The number of hydrogen-bond donors (Lipinski definition) is 1. The third-order valence-electron chi connectivity index (χ3n) is 4.18. The Kier molecular flexibility index (Phi) is 5.23. The van der Waals surface area contributed by atoms with Gasteiger partial charge in [-0.3, -0.25) is 0 Å². The second kappa shape index (κ2) is 7.34. The summed E-state index contributed by atoms with van der Waals surface area (Å²) in [5, 5.41) is 3.64. The van der Waals surface area contributed by atoms with E-state index >= 15 is 0 Å². The summed E-state index contributed by atoms with van der Waals surface area (Å²) in [7, 11) is 0. The van der Waals surface area contributed by atoms with Gasteiger partial charge in [-0.1, -0.05) is 18.2 Å². The summed E-state index contributed by atoms with van der Waals surface area (Å²) in [6.45, 7) is 6.73. The van der Waals surface area contributed by atoms with Crippen molar-refractivity contribution in [2.45, 2.75) is 12.3 Å². The van der Waals surface area contributed by atoms with Crippen LogP contribution in [0, 0.1) is 0 Å². The average molecular weight is 292 g/mol. The Morgan fingerprint density at radius 3 is 3.00 bits per heavy atom. The minimum absolute atomic E-state index is 0.608. The Morgan fingerprint density at radius 2 is 2.10 bits per heavy atom. The van der Waals surface area contributed by atoms with E-state index in [1.54, 1.807) is 0 Å². The highest BCUT2D eigenvalue weighted by molar-refractivity contribution is 7.99. The lowest BCUT2D eigenvalue weighted by molar-refractivity contribution is 0.260. The van der Waals surface area contributed by atoms with E-state index in [1.165, 1.54) is 36.7 Å². The van der Waals surface area contributed by atoms with Gasteiger partial charge in [-0.25, -0.2) is 0 Å². The highest BCUT2D eigenvalue weighted by Gasteiger charge is 2.20. The van der Waals surface area contributed by atoms with E-state index in [9.17, 15) is 0 Å². The van der Waals surface area contributed by atoms with Gasteiger partial charge in [-0.15, -0.1) is 0 Å². The van der Waals surface area contributed by atoms with Gasteiger partial charge in [0.05, 0.1) is 6.61 Å². The highest BCUT2D eigenvalue weighted by atomic mass is 32.2. The number of nitrogens with zero attached hydrogens (tertiary/aromatic N) is 1. The number of hydrogen-bond acceptors (Lipinski definition) is 4. The predicted octanol–water partition coefficient (Wildman–Crippen LogP) is 2.19. The van der Waals surface area contributed by atoms with Crippen molar-refractivity contribution in [2.24, 2.45) is 0 Å². The normalized spacial score (nSPS) is 23.1. The molecular formula is C16H24N2OS. The number of thioether (sulfide) groups is 1. The first-order chi connectivity index (χ1) is 9.93. The number of ether oxygens (including phenoxy) is 1. The fraction of sp³-hybridized carbons (Fsp3) is 0.625. The molecule has 0 spiro atoms. The molecule has 1 unspecified atom stereocenters. The van der Waals surface area contributed by atoms with Crippen LogP contribution in [-0.2, 0) is 0 Å². The molecule has 0 bridgehead atoms. The monoisotopic (exact) mass is 292 g/mol. The van der Waals surface area contributed by atoms with Crippen LogP contribution < -0.4 is 10.1 Å². The second-order valence-corrected chi connectivity index (χ2v) is 6.75. The molecule has 1 aromatic carbocycles. The van der Waals surface area contributed by atoms with Gasteiger partial charge in [0.25, 0.3) is 0 Å². The summed E-state index contributed by atoms with van der Waals surface area (Å²) in [6, 6.07) is 8.48. The van der Waals surface area contributed by atoms with Crippen molar-refractivity contribution in [3.05, 3.63) is 29.8 Å². The minimum Gasteiger partial charge on any atom is -0.493 e. The first-order valence-corrected chi connectivity index (χ1v) is 8.81. The molecule has 1 saturated heterocycles. The van der Waals surface area contributed by atoms with Gasteiger partial charge >= 0.3 is 0 Å². The van der Waals surface area contributed by atoms with Crippen LogP contribution in [0.2, 0.25) is 0 Å². The van der Waals surface area contributed by atoms with Crippen LogP contribution in [0.1, 0.15) is 17.9 Å². The minimum atomic E-state index is 0.608. The maximum absolute atomic E-state index is 5.72. The maximum atomic E-state index is 5.72. The molecule has 2 aliphatic heterocycles. The maximum Gasteiger partial charge on any atom is 0.122 e. The van der Waals surface area contributed by atoms with Crippen molar-refractivity contribution in [1.29, 1.82) is 0 Å². The zero-order chi connectivity index (χ0) is 13.6. The van der Waals surface area contributed by atoms with Crippen molar-refractivity contribution in [2.75, 3.05) is 50.8 Å². The van der Waals surface area contributed by atoms with Crippen LogP contribution in [-0.4, -0.2) is 55.7 Å². The van der Waals surface area contributed by atoms with Crippen LogP contribution in [0.15, 0.2) is 24.3 Å². The van der Waals surface area contributed by atoms with E-state index in [4.69, 9.17) is 4.74 Å². The van der Waals surface area contributed by atoms with E-state index in [0.717, 1.165) is 31.9 Å². The largest absolute Gasteiger partial charge is 0.493 e. The topological polar surface area (TPSA) is 24.5 Å². The third kappa shape index (κ3) is 3.68. The third-order valence-corrected chi connectivity index (χ3v) is 5.12. The molecule has 0 radical (unpaired) electrons. The molecule has 0 aliphatic carbocycles. The number of fused-ring (bicyclic) bond motifs is 1. The fourth-order valence-electron chi connectivity index (χ4n) is 2.97. The molecule has 20 heavy (non-hydrogen) atoms. The van der Waals surface area contributed by atoms with Crippen molar-refractivity contribution < 1.29 is 4.74 Å². The molecular weight excluding hydrogens is 268 g/mol. The highest BCUT2D eigenvalue weighted by Crippen LogP contribution is 2.32. The van der Waals surface area contributed by atoms with E-state index in [1.807, 2.05) is 0 Å². The van der Waals surface area contributed by atoms with Crippen LogP contribution in [0.5, 0.6) is 5.75 Å². The van der Waals surface area contributed by atoms with Gasteiger partial charge in [-0.05, 0) is 18.1 Å². The lowest BCUT2D eigenvalue weighted by Crippen LogP contribution is -2.38. The molecule has 1 fully saturated rings. The predicted molar refractivity (Wildman–Crippen MR) is 85.9 cm³/mol. The fourth-order valence-corrected chi connectivity index (χ4v) is 3.94. The Morgan fingerprint density at radius 1 is 1.25 bits per heavy atom. The second-order valence-electron chi connectivity index (χ2n) is 5.53. The first-order valence-electron chi connectivity index (χ1n) is 7.66. The van der Waals surface area contributed by atoms with Gasteiger partial charge in [0.15, 0.2) is 0 Å².